The lowest BCUT2D eigenvalue weighted by Crippen LogP contribution is -2.29. The normalized spacial score (nSPS) is 12.2. The van der Waals surface area contributed by atoms with Crippen molar-refractivity contribution in [2.45, 2.75) is 26.7 Å². The summed E-state index contributed by atoms with van der Waals surface area (Å²) in [7, 11) is 1.44. The van der Waals surface area contributed by atoms with E-state index < -0.39 is 17.6 Å². The molecule has 0 radical (unpaired) electrons. The number of methoxy groups -OCH3 is 1. The van der Waals surface area contributed by atoms with E-state index in [1.54, 1.807) is 6.92 Å². The standard InChI is InChI=1S/C10H13ClN2O4/c1-6(17-7(2)14)9-8(11)4-12-13(5-16-3)10(9)15/h4,6H,5H2,1-3H3. The highest BCUT2D eigenvalue weighted by Gasteiger charge is 2.19. The molecule has 1 heterocycles. The van der Waals surface area contributed by atoms with Crippen molar-refractivity contribution in [3.63, 3.8) is 0 Å². The van der Waals surface area contributed by atoms with E-state index in [0.717, 1.165) is 4.68 Å². The Balaban J connectivity index is 3.17. The summed E-state index contributed by atoms with van der Waals surface area (Å²) < 4.78 is 10.8. The Morgan fingerprint density at radius 3 is 2.82 bits per heavy atom. The summed E-state index contributed by atoms with van der Waals surface area (Å²) in [6.45, 7) is 2.84. The molecule has 17 heavy (non-hydrogen) atoms. The van der Waals surface area contributed by atoms with Gasteiger partial charge in [-0.15, -0.1) is 0 Å². The number of ether oxygens (including phenoxy) is 2. The van der Waals surface area contributed by atoms with Crippen molar-refractivity contribution in [3.8, 4) is 0 Å². The molecular weight excluding hydrogens is 248 g/mol. The van der Waals surface area contributed by atoms with Crippen molar-refractivity contribution >= 4 is 17.6 Å². The predicted molar refractivity (Wildman–Crippen MR) is 60.7 cm³/mol. The van der Waals surface area contributed by atoms with Gasteiger partial charge >= 0.3 is 5.97 Å². The fourth-order valence-electron chi connectivity index (χ4n) is 1.37. The Morgan fingerprint density at radius 2 is 2.29 bits per heavy atom. The number of nitrogens with zero attached hydrogens (tertiary/aromatic N) is 2. The third kappa shape index (κ3) is 3.28. The van der Waals surface area contributed by atoms with Crippen LogP contribution in [0.15, 0.2) is 11.0 Å². The largest absolute Gasteiger partial charge is 0.458 e. The molecule has 6 nitrogen and oxygen atoms in total. The topological polar surface area (TPSA) is 70.4 Å². The van der Waals surface area contributed by atoms with Crippen molar-refractivity contribution in [1.82, 2.24) is 9.78 Å². The summed E-state index contributed by atoms with van der Waals surface area (Å²) in [5, 5.41) is 3.96. The van der Waals surface area contributed by atoms with Crippen molar-refractivity contribution in [3.05, 3.63) is 27.1 Å². The van der Waals surface area contributed by atoms with Gasteiger partial charge in [-0.3, -0.25) is 9.59 Å². The molecule has 0 spiro atoms. The number of carbonyl (C=O) groups is 1. The van der Waals surface area contributed by atoms with Gasteiger partial charge in [-0.2, -0.15) is 5.10 Å². The first kappa shape index (κ1) is 13.7. The van der Waals surface area contributed by atoms with E-state index in [4.69, 9.17) is 21.1 Å². The fraction of sp³-hybridized carbons (Fsp3) is 0.500. The smallest absolute Gasteiger partial charge is 0.303 e. The minimum absolute atomic E-state index is 0.00972. The van der Waals surface area contributed by atoms with Crippen LogP contribution in [0.5, 0.6) is 0 Å². The Morgan fingerprint density at radius 1 is 1.65 bits per heavy atom. The Labute approximate surface area is 103 Å². The zero-order valence-electron chi connectivity index (χ0n) is 9.77. The maximum atomic E-state index is 11.9. The minimum Gasteiger partial charge on any atom is -0.458 e. The number of hydrogen-bond donors (Lipinski definition) is 0. The first-order valence-corrected chi connectivity index (χ1v) is 5.26. The summed E-state index contributed by atoms with van der Waals surface area (Å²) in [6, 6.07) is 0. The van der Waals surface area contributed by atoms with Gasteiger partial charge in [0.25, 0.3) is 5.56 Å². The highest BCUT2D eigenvalue weighted by Crippen LogP contribution is 2.20. The molecule has 1 rings (SSSR count). The molecule has 1 aromatic rings. The summed E-state index contributed by atoms with van der Waals surface area (Å²) in [5.41, 5.74) is -0.248. The van der Waals surface area contributed by atoms with Crippen LogP contribution in [0, 0.1) is 0 Å². The summed E-state index contributed by atoms with van der Waals surface area (Å²) in [6.07, 6.45) is 0.593. The second kappa shape index (κ2) is 5.79. The third-order valence-electron chi connectivity index (χ3n) is 2.03. The average molecular weight is 261 g/mol. The van der Waals surface area contributed by atoms with E-state index in [9.17, 15) is 9.59 Å². The molecule has 0 bridgehead atoms. The molecule has 0 amide bonds. The maximum Gasteiger partial charge on any atom is 0.303 e. The summed E-state index contributed by atoms with van der Waals surface area (Å²) in [4.78, 5) is 22.8. The lowest BCUT2D eigenvalue weighted by atomic mass is 10.2. The lowest BCUT2D eigenvalue weighted by molar-refractivity contribution is -0.145. The monoisotopic (exact) mass is 260 g/mol. The molecule has 0 aromatic carbocycles. The zero-order valence-corrected chi connectivity index (χ0v) is 10.5. The second-order valence-electron chi connectivity index (χ2n) is 3.38. The van der Waals surface area contributed by atoms with Gasteiger partial charge in [0.05, 0.1) is 16.8 Å². The molecule has 1 unspecified atom stereocenters. The van der Waals surface area contributed by atoms with Gasteiger partial charge in [0.2, 0.25) is 0 Å². The van der Waals surface area contributed by atoms with Gasteiger partial charge in [-0.25, -0.2) is 4.68 Å². The average Bonchev–Trinajstić information content (AvgIpc) is 2.21. The van der Waals surface area contributed by atoms with E-state index >= 15 is 0 Å². The molecule has 94 valence electrons. The van der Waals surface area contributed by atoms with Crippen LogP contribution in [0.3, 0.4) is 0 Å². The van der Waals surface area contributed by atoms with Crippen LogP contribution in [0.4, 0.5) is 0 Å². The quantitative estimate of drug-likeness (QED) is 0.759. The summed E-state index contributed by atoms with van der Waals surface area (Å²) >= 11 is 5.87. The lowest BCUT2D eigenvalue weighted by Gasteiger charge is -2.14. The third-order valence-corrected chi connectivity index (χ3v) is 2.33. The van der Waals surface area contributed by atoms with Crippen LogP contribution in [-0.2, 0) is 21.0 Å². The van der Waals surface area contributed by atoms with E-state index in [2.05, 4.69) is 5.10 Å². The number of aromatic nitrogens is 2. The molecule has 0 aliphatic heterocycles. The summed E-state index contributed by atoms with van der Waals surface area (Å²) in [5.74, 6) is -0.483. The van der Waals surface area contributed by atoms with Crippen molar-refractivity contribution < 1.29 is 14.3 Å². The van der Waals surface area contributed by atoms with Gasteiger partial charge in [0.15, 0.2) is 0 Å². The molecular formula is C10H13ClN2O4. The molecule has 0 fully saturated rings. The molecule has 0 aliphatic rings. The zero-order chi connectivity index (χ0) is 13.0. The predicted octanol–water partition coefficient (Wildman–Crippen LogP) is 1.12. The fourth-order valence-corrected chi connectivity index (χ4v) is 1.65. The van der Waals surface area contributed by atoms with Crippen molar-refractivity contribution in [1.29, 1.82) is 0 Å². The molecule has 0 saturated heterocycles. The van der Waals surface area contributed by atoms with E-state index in [1.807, 2.05) is 0 Å². The number of rotatable bonds is 4. The van der Waals surface area contributed by atoms with Crippen LogP contribution in [0.1, 0.15) is 25.5 Å². The minimum atomic E-state index is -0.724. The molecule has 1 atom stereocenters. The first-order chi connectivity index (χ1) is 7.97. The number of hydrogen-bond acceptors (Lipinski definition) is 5. The van der Waals surface area contributed by atoms with Gasteiger partial charge in [-0.1, -0.05) is 11.6 Å². The van der Waals surface area contributed by atoms with E-state index in [0.29, 0.717) is 0 Å². The van der Waals surface area contributed by atoms with Crippen LogP contribution >= 0.6 is 11.6 Å². The van der Waals surface area contributed by atoms with Crippen LogP contribution < -0.4 is 5.56 Å². The van der Waals surface area contributed by atoms with Crippen LogP contribution in [0.25, 0.3) is 0 Å². The SMILES string of the molecule is COCn1ncc(Cl)c(C(C)OC(C)=O)c1=O. The Bertz CT molecular complexity index is 472. The van der Waals surface area contributed by atoms with Crippen molar-refractivity contribution in [2.24, 2.45) is 0 Å². The van der Waals surface area contributed by atoms with E-state index in [1.165, 1.54) is 20.2 Å². The van der Waals surface area contributed by atoms with E-state index in [-0.39, 0.29) is 17.3 Å². The molecule has 0 N–H and O–H groups in total. The number of esters is 1. The first-order valence-electron chi connectivity index (χ1n) is 4.89. The number of carbonyl (C=O) groups excluding carboxylic acids is 1. The molecule has 0 saturated carbocycles. The molecule has 7 heteroatoms. The van der Waals surface area contributed by atoms with Gasteiger partial charge in [0, 0.05) is 14.0 Å². The highest BCUT2D eigenvalue weighted by molar-refractivity contribution is 6.31. The van der Waals surface area contributed by atoms with Gasteiger partial charge in [0.1, 0.15) is 12.8 Å². The molecule has 0 aliphatic carbocycles. The highest BCUT2D eigenvalue weighted by atomic mass is 35.5. The van der Waals surface area contributed by atoms with Crippen molar-refractivity contribution in [2.75, 3.05) is 7.11 Å². The van der Waals surface area contributed by atoms with Crippen LogP contribution in [-0.4, -0.2) is 22.9 Å². The van der Waals surface area contributed by atoms with Crippen LogP contribution in [0.2, 0.25) is 5.02 Å². The van der Waals surface area contributed by atoms with Gasteiger partial charge in [-0.05, 0) is 6.92 Å². The second-order valence-corrected chi connectivity index (χ2v) is 3.79. The Hall–Kier alpha value is -1.40. The maximum absolute atomic E-state index is 11.9. The Kier molecular flexibility index (Phi) is 4.65. The molecule has 1 aromatic heterocycles. The van der Waals surface area contributed by atoms with Gasteiger partial charge < -0.3 is 9.47 Å². The number of halogens is 1.